The van der Waals surface area contributed by atoms with Gasteiger partial charge >= 0.3 is 0 Å². The number of rotatable bonds is 3. The molecule has 0 aromatic heterocycles. The molecule has 0 amide bonds. The van der Waals surface area contributed by atoms with Crippen LogP contribution in [0.25, 0.3) is 0 Å². The van der Waals surface area contributed by atoms with Crippen LogP contribution >= 0.6 is 9.39 Å². The summed E-state index contributed by atoms with van der Waals surface area (Å²) in [6, 6.07) is 0. The summed E-state index contributed by atoms with van der Waals surface area (Å²) in [7, 11) is 2.94. The maximum atomic E-state index is 3.91. The molecule has 0 bridgehead atoms. The van der Waals surface area contributed by atoms with Crippen LogP contribution in [0.5, 0.6) is 0 Å². The Morgan fingerprint density at radius 3 is 2.69 bits per heavy atom. The van der Waals surface area contributed by atoms with Gasteiger partial charge in [-0.3, -0.25) is 4.67 Å². The molecule has 1 aliphatic heterocycles. The molecule has 2 heteroatoms. The minimum Gasteiger partial charge on any atom is -0.282 e. The van der Waals surface area contributed by atoms with Crippen LogP contribution in [0.15, 0.2) is 12.7 Å². The number of hydrogen-bond donors (Lipinski definition) is 0. The third-order valence-electron chi connectivity index (χ3n) is 4.23. The van der Waals surface area contributed by atoms with E-state index in [1.165, 1.54) is 38.6 Å². The first kappa shape index (κ1) is 14.2. The van der Waals surface area contributed by atoms with Gasteiger partial charge in [0.15, 0.2) is 0 Å². The van der Waals surface area contributed by atoms with Crippen LogP contribution in [-0.4, -0.2) is 16.8 Å². The lowest BCUT2D eigenvalue weighted by atomic mass is 9.79. The number of hydrogen-bond acceptors (Lipinski definition) is 1. The molecule has 0 N–H and O–H groups in total. The Morgan fingerprint density at radius 1 is 1.44 bits per heavy atom. The summed E-state index contributed by atoms with van der Waals surface area (Å²) in [6.45, 7) is 12.2. The molecule has 0 aromatic rings. The van der Waals surface area contributed by atoms with E-state index in [9.17, 15) is 0 Å². The molecule has 0 spiro atoms. The zero-order valence-electron chi connectivity index (χ0n) is 11.2. The van der Waals surface area contributed by atoms with Crippen LogP contribution < -0.4 is 0 Å². The van der Waals surface area contributed by atoms with Crippen LogP contribution in [0.1, 0.15) is 52.9 Å². The van der Waals surface area contributed by atoms with E-state index in [0.29, 0.717) is 5.54 Å². The molecule has 16 heavy (non-hydrogen) atoms. The van der Waals surface area contributed by atoms with Gasteiger partial charge in [0.2, 0.25) is 0 Å². The quantitative estimate of drug-likeness (QED) is 0.527. The summed E-state index contributed by atoms with van der Waals surface area (Å²) < 4.78 is 2.48. The highest BCUT2D eigenvalue weighted by atomic mass is 31.0. The van der Waals surface area contributed by atoms with Crippen molar-refractivity contribution in [3.63, 3.8) is 0 Å². The zero-order chi connectivity index (χ0) is 12.2. The largest absolute Gasteiger partial charge is 0.282 e. The van der Waals surface area contributed by atoms with Crippen molar-refractivity contribution in [1.29, 1.82) is 0 Å². The Labute approximate surface area is 104 Å². The fraction of sp³-hybridized carbons (Fsp3) is 0.857. The van der Waals surface area contributed by atoms with Gasteiger partial charge in [-0.15, -0.1) is 6.58 Å². The normalized spacial score (nSPS) is 31.8. The lowest BCUT2D eigenvalue weighted by molar-refractivity contribution is 0.136. The van der Waals surface area contributed by atoms with Gasteiger partial charge in [0.1, 0.15) is 0 Å². The highest BCUT2D eigenvalue weighted by Gasteiger charge is 2.31. The Kier molecular flexibility index (Phi) is 5.47. The van der Waals surface area contributed by atoms with Crippen LogP contribution in [0, 0.1) is 11.8 Å². The van der Waals surface area contributed by atoms with Crippen molar-refractivity contribution in [3.05, 3.63) is 12.7 Å². The van der Waals surface area contributed by atoms with Gasteiger partial charge < -0.3 is 0 Å². The van der Waals surface area contributed by atoms with E-state index in [1.54, 1.807) is 0 Å². The average Bonchev–Trinajstić information content (AvgIpc) is 2.22. The predicted octanol–water partition coefficient (Wildman–Crippen LogP) is 4.26. The smallest absolute Gasteiger partial charge is 0.0185 e. The molecule has 1 heterocycles. The molecule has 3 unspecified atom stereocenters. The van der Waals surface area contributed by atoms with Crippen LogP contribution in [0.2, 0.25) is 0 Å². The van der Waals surface area contributed by atoms with Crippen LogP contribution in [0.4, 0.5) is 0 Å². The van der Waals surface area contributed by atoms with Crippen molar-refractivity contribution in [2.45, 2.75) is 58.4 Å². The predicted molar refractivity (Wildman–Crippen MR) is 76.4 cm³/mol. The molecular formula is C14H28NP. The van der Waals surface area contributed by atoms with E-state index in [1.807, 2.05) is 0 Å². The molecule has 0 radical (unpaired) electrons. The Balaban J connectivity index is 2.73. The molecule has 0 aliphatic carbocycles. The summed E-state index contributed by atoms with van der Waals surface area (Å²) in [5, 5.41) is 0. The highest BCUT2D eigenvalue weighted by Crippen LogP contribution is 2.35. The summed E-state index contributed by atoms with van der Waals surface area (Å²) >= 11 is 0. The Morgan fingerprint density at radius 2 is 2.12 bits per heavy atom. The second-order valence-corrected chi connectivity index (χ2v) is 6.43. The summed E-state index contributed by atoms with van der Waals surface area (Å²) in [5.41, 5.74) is 0.336. The van der Waals surface area contributed by atoms with Gasteiger partial charge in [0.25, 0.3) is 0 Å². The molecule has 1 rings (SSSR count). The SMILES string of the molecule is C=CCC1CN(P)C(C)(C)CCCC1CC. The number of allylic oxidation sites excluding steroid dienone is 1. The fourth-order valence-electron chi connectivity index (χ4n) is 2.84. The maximum absolute atomic E-state index is 3.91. The second-order valence-electron chi connectivity index (χ2n) is 5.81. The molecule has 0 aromatic carbocycles. The lowest BCUT2D eigenvalue weighted by Crippen LogP contribution is -2.42. The van der Waals surface area contributed by atoms with Crippen molar-refractivity contribution >= 4 is 9.39 Å². The average molecular weight is 241 g/mol. The topological polar surface area (TPSA) is 3.24 Å². The third-order valence-corrected chi connectivity index (χ3v) is 5.14. The monoisotopic (exact) mass is 241 g/mol. The summed E-state index contributed by atoms with van der Waals surface area (Å²) in [5.74, 6) is 1.68. The van der Waals surface area contributed by atoms with Crippen molar-refractivity contribution < 1.29 is 0 Å². The van der Waals surface area contributed by atoms with Crippen molar-refractivity contribution in [1.82, 2.24) is 4.67 Å². The molecule has 1 aliphatic rings. The summed E-state index contributed by atoms with van der Waals surface area (Å²) in [4.78, 5) is 0. The fourth-order valence-corrected chi connectivity index (χ4v) is 3.24. The first-order valence-electron chi connectivity index (χ1n) is 6.64. The molecule has 3 atom stereocenters. The number of nitrogens with zero attached hydrogens (tertiary/aromatic N) is 1. The van der Waals surface area contributed by atoms with Crippen LogP contribution in [-0.2, 0) is 0 Å². The highest BCUT2D eigenvalue weighted by molar-refractivity contribution is 7.13. The standard InChI is InChI=1S/C14H28NP/c1-5-8-13-11-15(16)14(3,4)10-7-9-12(13)6-2/h5,12-13H,1,6-11,16H2,2-4H3. The minimum absolute atomic E-state index is 0.336. The van der Waals surface area contributed by atoms with Crippen molar-refractivity contribution in [3.8, 4) is 0 Å². The molecule has 1 nitrogen and oxygen atoms in total. The van der Waals surface area contributed by atoms with Crippen LogP contribution in [0.3, 0.4) is 0 Å². The minimum atomic E-state index is 0.336. The van der Waals surface area contributed by atoms with E-state index in [-0.39, 0.29) is 0 Å². The molecule has 1 fully saturated rings. The van der Waals surface area contributed by atoms with E-state index < -0.39 is 0 Å². The summed E-state index contributed by atoms with van der Waals surface area (Å²) in [6.07, 6.45) is 8.66. The Bertz CT molecular complexity index is 225. The van der Waals surface area contributed by atoms with Crippen molar-refractivity contribution in [2.75, 3.05) is 6.54 Å². The molecular weight excluding hydrogens is 213 g/mol. The first-order valence-corrected chi connectivity index (χ1v) is 7.16. The second kappa shape index (κ2) is 6.17. The zero-order valence-corrected chi connectivity index (χ0v) is 12.4. The van der Waals surface area contributed by atoms with Gasteiger partial charge in [-0.1, -0.05) is 41.7 Å². The maximum Gasteiger partial charge on any atom is 0.0185 e. The lowest BCUT2D eigenvalue weighted by Gasteiger charge is -2.42. The van der Waals surface area contributed by atoms with Gasteiger partial charge in [0, 0.05) is 12.1 Å². The van der Waals surface area contributed by atoms with Gasteiger partial charge in [0.05, 0.1) is 0 Å². The third kappa shape index (κ3) is 3.57. The van der Waals surface area contributed by atoms with Gasteiger partial charge in [-0.2, -0.15) is 0 Å². The van der Waals surface area contributed by atoms with E-state index in [0.717, 1.165) is 11.8 Å². The van der Waals surface area contributed by atoms with Crippen molar-refractivity contribution in [2.24, 2.45) is 11.8 Å². The van der Waals surface area contributed by atoms with E-state index in [2.05, 4.69) is 47.5 Å². The van der Waals surface area contributed by atoms with Gasteiger partial charge in [-0.05, 0) is 38.5 Å². The molecule has 0 saturated carbocycles. The van der Waals surface area contributed by atoms with E-state index in [4.69, 9.17) is 0 Å². The molecule has 1 saturated heterocycles. The van der Waals surface area contributed by atoms with E-state index >= 15 is 0 Å². The molecule has 94 valence electrons. The first-order chi connectivity index (χ1) is 7.51. The van der Waals surface area contributed by atoms with Gasteiger partial charge in [-0.25, -0.2) is 0 Å². The Hall–Kier alpha value is 0.130.